The number of hydrogen-bond acceptors (Lipinski definition) is 3. The number of phosphoric acid groups is 1. The Hall–Kier alpha value is -1.20. The molecule has 3 N–H and O–H groups in total. The van der Waals surface area contributed by atoms with Crippen molar-refractivity contribution in [3.63, 3.8) is 0 Å². The zero-order chi connectivity index (χ0) is 11.3. The van der Waals surface area contributed by atoms with E-state index in [0.717, 1.165) is 12.2 Å². The topological polar surface area (TPSA) is 99.4 Å². The molecule has 82 valence electrons. The molecule has 15 heavy (non-hydrogen) atoms. The fourth-order valence-corrected chi connectivity index (χ4v) is 0.991. The van der Waals surface area contributed by atoms with Crippen molar-refractivity contribution in [1.82, 2.24) is 0 Å². The number of nitrogens with zero attached hydrogens (tertiary/aromatic N) is 1. The molecule has 0 radical (unpaired) electrons. The molecule has 1 aliphatic heterocycles. The second-order valence-electron chi connectivity index (χ2n) is 2.70. The van der Waals surface area contributed by atoms with Gasteiger partial charge in [-0.3, -0.25) is 0 Å². The summed E-state index contributed by atoms with van der Waals surface area (Å²) in [6, 6.07) is 7.91. The fraction of sp³-hybridized carbons (Fsp3) is 0.125. The molecule has 0 amide bonds. The zero-order valence-corrected chi connectivity index (χ0v) is 8.54. The first-order valence-corrected chi connectivity index (χ1v) is 5.58. The molecule has 0 atom stereocenters. The molecular weight excluding hydrogens is 221 g/mol. The molecule has 1 aromatic rings. The van der Waals surface area contributed by atoms with Gasteiger partial charge in [-0.05, 0) is 6.07 Å². The quantitative estimate of drug-likeness (QED) is 0.570. The minimum absolute atomic E-state index is 0.880. The molecule has 1 heterocycles. The van der Waals surface area contributed by atoms with Crippen LogP contribution >= 0.6 is 7.82 Å². The predicted molar refractivity (Wildman–Crippen MR) is 53.5 cm³/mol. The Morgan fingerprint density at radius 2 is 1.87 bits per heavy atom. The fourth-order valence-electron chi connectivity index (χ4n) is 0.991. The van der Waals surface area contributed by atoms with Gasteiger partial charge in [0.25, 0.3) is 0 Å². The van der Waals surface area contributed by atoms with Gasteiger partial charge < -0.3 is 19.5 Å². The van der Waals surface area contributed by atoms with Gasteiger partial charge in [-0.1, -0.05) is 23.4 Å². The van der Waals surface area contributed by atoms with Crippen LogP contribution in [0.4, 0.5) is 0 Å². The van der Waals surface area contributed by atoms with Crippen LogP contribution in [0.5, 0.6) is 5.75 Å². The smallest absolute Gasteiger partial charge is 0.357 e. The standard InChI is InChI=1S/C8H7NO.H3O4P/c1-2-4-8-7(3-1)5-6-9-10-8;1-5(2,3)4/h1-4,6H,5H2;(H3,1,2,3,4). The van der Waals surface area contributed by atoms with Gasteiger partial charge in [-0.15, -0.1) is 0 Å². The second-order valence-corrected chi connectivity index (χ2v) is 3.73. The number of fused-ring (bicyclic) bond motifs is 1. The average molecular weight is 231 g/mol. The first-order chi connectivity index (χ1) is 6.97. The highest BCUT2D eigenvalue weighted by Crippen LogP contribution is 2.25. The van der Waals surface area contributed by atoms with Crippen molar-refractivity contribution >= 4 is 14.0 Å². The summed E-state index contributed by atoms with van der Waals surface area (Å²) in [6.07, 6.45) is 2.65. The highest BCUT2D eigenvalue weighted by atomic mass is 31.2. The van der Waals surface area contributed by atoms with Crippen LogP contribution in [0, 0.1) is 0 Å². The third kappa shape index (κ3) is 5.29. The summed E-state index contributed by atoms with van der Waals surface area (Å²) in [5.41, 5.74) is 1.21. The molecule has 1 aliphatic rings. The van der Waals surface area contributed by atoms with Crippen LogP contribution < -0.4 is 4.84 Å². The van der Waals surface area contributed by atoms with E-state index in [1.165, 1.54) is 5.56 Å². The van der Waals surface area contributed by atoms with Gasteiger partial charge in [0.15, 0.2) is 5.75 Å². The van der Waals surface area contributed by atoms with Crippen molar-refractivity contribution in [3.05, 3.63) is 29.8 Å². The van der Waals surface area contributed by atoms with Crippen molar-refractivity contribution < 1.29 is 24.1 Å². The zero-order valence-electron chi connectivity index (χ0n) is 7.65. The van der Waals surface area contributed by atoms with Crippen molar-refractivity contribution in [2.75, 3.05) is 0 Å². The van der Waals surface area contributed by atoms with E-state index < -0.39 is 7.82 Å². The lowest BCUT2D eigenvalue weighted by molar-refractivity contribution is 0.275. The second kappa shape index (κ2) is 5.04. The third-order valence-corrected chi connectivity index (χ3v) is 1.51. The summed E-state index contributed by atoms with van der Waals surface area (Å²) < 4.78 is 8.88. The van der Waals surface area contributed by atoms with Crippen LogP contribution in [-0.2, 0) is 11.0 Å². The first-order valence-electron chi connectivity index (χ1n) is 4.02. The number of oxime groups is 1. The molecule has 6 nitrogen and oxygen atoms in total. The number of para-hydroxylation sites is 1. The van der Waals surface area contributed by atoms with E-state index in [9.17, 15) is 0 Å². The number of rotatable bonds is 0. The van der Waals surface area contributed by atoms with Gasteiger partial charge in [0, 0.05) is 18.2 Å². The Kier molecular flexibility index (Phi) is 3.99. The van der Waals surface area contributed by atoms with E-state index in [4.69, 9.17) is 24.1 Å². The maximum Gasteiger partial charge on any atom is 0.466 e. The molecule has 0 saturated carbocycles. The Labute approximate surface area is 86.1 Å². The molecule has 0 saturated heterocycles. The van der Waals surface area contributed by atoms with Crippen molar-refractivity contribution in [2.24, 2.45) is 5.16 Å². The third-order valence-electron chi connectivity index (χ3n) is 1.51. The summed E-state index contributed by atoms with van der Waals surface area (Å²) in [4.78, 5) is 26.6. The molecule has 0 fully saturated rings. The lowest BCUT2D eigenvalue weighted by Crippen LogP contribution is -1.98. The Balaban J connectivity index is 0.000000195. The summed E-state index contributed by atoms with van der Waals surface area (Å²) in [5, 5.41) is 3.69. The van der Waals surface area contributed by atoms with Crippen molar-refractivity contribution in [2.45, 2.75) is 6.42 Å². The molecule has 7 heteroatoms. The van der Waals surface area contributed by atoms with E-state index in [2.05, 4.69) is 5.16 Å². The van der Waals surface area contributed by atoms with Gasteiger partial charge in [0.05, 0.1) is 0 Å². The van der Waals surface area contributed by atoms with Crippen LogP contribution in [-0.4, -0.2) is 20.9 Å². The van der Waals surface area contributed by atoms with E-state index in [1.54, 1.807) is 6.21 Å². The van der Waals surface area contributed by atoms with E-state index in [0.29, 0.717) is 0 Å². The largest absolute Gasteiger partial charge is 0.466 e. The van der Waals surface area contributed by atoms with Gasteiger partial charge in [0.1, 0.15) is 0 Å². The molecule has 0 aliphatic carbocycles. The van der Waals surface area contributed by atoms with Crippen molar-refractivity contribution in [1.29, 1.82) is 0 Å². The molecule has 2 rings (SSSR count). The lowest BCUT2D eigenvalue weighted by atomic mass is 10.1. The van der Waals surface area contributed by atoms with Gasteiger partial charge in [-0.2, -0.15) is 0 Å². The molecule has 0 unspecified atom stereocenters. The molecule has 0 bridgehead atoms. The minimum atomic E-state index is -4.64. The molecular formula is C8H10NO5P. The van der Waals surface area contributed by atoms with Gasteiger partial charge in [-0.25, -0.2) is 4.57 Å². The Morgan fingerprint density at radius 1 is 1.27 bits per heavy atom. The van der Waals surface area contributed by atoms with E-state index in [1.807, 2.05) is 24.3 Å². The van der Waals surface area contributed by atoms with Crippen molar-refractivity contribution in [3.8, 4) is 5.75 Å². The van der Waals surface area contributed by atoms with E-state index >= 15 is 0 Å². The number of hydrogen-bond donors (Lipinski definition) is 3. The Bertz CT molecular complexity index is 365. The number of benzene rings is 1. The maximum atomic E-state index is 8.88. The SMILES string of the molecule is C1=NOc2ccccc2C1.O=P(O)(O)O. The summed E-state index contributed by atoms with van der Waals surface area (Å²) in [7, 11) is -4.64. The van der Waals surface area contributed by atoms with Crippen LogP contribution in [0.1, 0.15) is 5.56 Å². The first kappa shape index (κ1) is 11.9. The van der Waals surface area contributed by atoms with Crippen LogP contribution in [0.2, 0.25) is 0 Å². The monoisotopic (exact) mass is 231 g/mol. The lowest BCUT2D eigenvalue weighted by Gasteiger charge is -2.07. The maximum absolute atomic E-state index is 8.88. The van der Waals surface area contributed by atoms with Gasteiger partial charge >= 0.3 is 7.82 Å². The summed E-state index contributed by atoms with van der Waals surface area (Å²) in [5.74, 6) is 0.880. The van der Waals surface area contributed by atoms with E-state index in [-0.39, 0.29) is 0 Å². The van der Waals surface area contributed by atoms with Crippen LogP contribution in [0.3, 0.4) is 0 Å². The summed E-state index contributed by atoms with van der Waals surface area (Å²) >= 11 is 0. The predicted octanol–water partition coefficient (Wildman–Crippen LogP) is 0.679. The normalized spacial score (nSPS) is 13.3. The van der Waals surface area contributed by atoms with Gasteiger partial charge in [0.2, 0.25) is 0 Å². The summed E-state index contributed by atoms with van der Waals surface area (Å²) in [6.45, 7) is 0. The highest BCUT2D eigenvalue weighted by molar-refractivity contribution is 7.45. The van der Waals surface area contributed by atoms with Crippen LogP contribution in [0.15, 0.2) is 29.4 Å². The highest BCUT2D eigenvalue weighted by Gasteiger charge is 2.04. The Morgan fingerprint density at radius 3 is 2.47 bits per heavy atom. The van der Waals surface area contributed by atoms with Crippen LogP contribution in [0.25, 0.3) is 0 Å². The average Bonchev–Trinajstić information content (AvgIpc) is 2.16. The molecule has 1 aromatic carbocycles. The minimum Gasteiger partial charge on any atom is -0.357 e. The molecule has 0 aromatic heterocycles. The molecule has 0 spiro atoms.